The van der Waals surface area contributed by atoms with Crippen molar-refractivity contribution in [3.05, 3.63) is 28.2 Å². The maximum absolute atomic E-state index is 12.5. The molecule has 0 radical (unpaired) electrons. The average Bonchev–Trinajstić information content (AvgIpc) is 2.47. The number of amides is 1. The molecule has 6 nitrogen and oxygen atoms in total. The van der Waals surface area contributed by atoms with Gasteiger partial charge in [-0.15, -0.1) is 0 Å². The number of oxime groups is 1. The van der Waals surface area contributed by atoms with Crippen molar-refractivity contribution in [2.45, 2.75) is 13.3 Å². The van der Waals surface area contributed by atoms with Crippen molar-refractivity contribution in [3.63, 3.8) is 0 Å². The van der Waals surface area contributed by atoms with Crippen LogP contribution in [0.15, 0.2) is 27.8 Å². The first-order valence-corrected chi connectivity index (χ1v) is 6.92. The second kappa shape index (κ2) is 7.74. The number of rotatable bonds is 6. The van der Waals surface area contributed by atoms with Crippen LogP contribution in [0, 0.1) is 0 Å². The minimum atomic E-state index is -0.135. The molecule has 3 N–H and O–H groups in total. The van der Waals surface area contributed by atoms with E-state index in [0.717, 1.165) is 0 Å². The molecule has 0 heterocycles. The molecule has 0 fully saturated rings. The SMILES string of the molecule is CCN(CCC(N)=NO)C(=O)c1cc(OC)ccc1Br. The van der Waals surface area contributed by atoms with E-state index in [-0.39, 0.29) is 11.7 Å². The van der Waals surface area contributed by atoms with Gasteiger partial charge in [0.2, 0.25) is 0 Å². The van der Waals surface area contributed by atoms with Gasteiger partial charge in [0.15, 0.2) is 0 Å². The molecule has 0 aromatic heterocycles. The lowest BCUT2D eigenvalue weighted by molar-refractivity contribution is 0.0767. The third-order valence-corrected chi connectivity index (χ3v) is 3.53. The number of nitrogens with two attached hydrogens (primary N) is 1. The lowest BCUT2D eigenvalue weighted by Crippen LogP contribution is -2.34. The fourth-order valence-corrected chi connectivity index (χ4v) is 2.08. The zero-order valence-corrected chi connectivity index (χ0v) is 13.1. The molecule has 110 valence electrons. The number of hydrogen-bond acceptors (Lipinski definition) is 4. The Balaban J connectivity index is 2.90. The number of methoxy groups -OCH3 is 1. The van der Waals surface area contributed by atoms with E-state index in [9.17, 15) is 4.79 Å². The topological polar surface area (TPSA) is 88.1 Å². The minimum Gasteiger partial charge on any atom is -0.497 e. The number of nitrogens with zero attached hydrogens (tertiary/aromatic N) is 2. The van der Waals surface area contributed by atoms with Gasteiger partial charge in [-0.2, -0.15) is 0 Å². The highest BCUT2D eigenvalue weighted by Gasteiger charge is 2.18. The van der Waals surface area contributed by atoms with Gasteiger partial charge in [-0.05, 0) is 41.1 Å². The zero-order valence-electron chi connectivity index (χ0n) is 11.5. The number of carbonyl (C=O) groups is 1. The van der Waals surface area contributed by atoms with Crippen LogP contribution in [0.5, 0.6) is 5.75 Å². The Morgan fingerprint density at radius 3 is 2.80 bits per heavy atom. The minimum absolute atomic E-state index is 0.0981. The van der Waals surface area contributed by atoms with Gasteiger partial charge in [-0.25, -0.2) is 0 Å². The molecule has 0 unspecified atom stereocenters. The first kappa shape index (κ1) is 16.3. The Hall–Kier alpha value is -1.76. The van der Waals surface area contributed by atoms with Gasteiger partial charge in [0.25, 0.3) is 5.91 Å². The van der Waals surface area contributed by atoms with Crippen LogP contribution in [0.1, 0.15) is 23.7 Å². The van der Waals surface area contributed by atoms with Crippen LogP contribution < -0.4 is 10.5 Å². The smallest absolute Gasteiger partial charge is 0.255 e. The van der Waals surface area contributed by atoms with Crippen molar-refractivity contribution < 1.29 is 14.7 Å². The van der Waals surface area contributed by atoms with Crippen LogP contribution in [0.25, 0.3) is 0 Å². The summed E-state index contributed by atoms with van der Waals surface area (Å²) in [6, 6.07) is 5.22. The van der Waals surface area contributed by atoms with Crippen LogP contribution in [0.4, 0.5) is 0 Å². The molecule has 1 aromatic carbocycles. The van der Waals surface area contributed by atoms with E-state index in [4.69, 9.17) is 15.7 Å². The van der Waals surface area contributed by atoms with Gasteiger partial charge in [-0.3, -0.25) is 4.79 Å². The Morgan fingerprint density at radius 1 is 1.55 bits per heavy atom. The van der Waals surface area contributed by atoms with Crippen molar-refractivity contribution in [1.29, 1.82) is 0 Å². The van der Waals surface area contributed by atoms with E-state index in [1.807, 2.05) is 6.92 Å². The quantitative estimate of drug-likeness (QED) is 0.358. The van der Waals surface area contributed by atoms with Crippen LogP contribution >= 0.6 is 15.9 Å². The number of halogens is 1. The van der Waals surface area contributed by atoms with Crippen molar-refractivity contribution in [3.8, 4) is 5.75 Å². The molecule has 0 saturated heterocycles. The second-order valence-electron chi connectivity index (χ2n) is 4.07. The summed E-state index contributed by atoms with van der Waals surface area (Å²) >= 11 is 3.36. The zero-order chi connectivity index (χ0) is 15.1. The molecule has 0 bridgehead atoms. The second-order valence-corrected chi connectivity index (χ2v) is 4.93. The van der Waals surface area contributed by atoms with E-state index < -0.39 is 0 Å². The normalized spacial score (nSPS) is 11.2. The molecule has 1 rings (SSSR count). The summed E-state index contributed by atoms with van der Waals surface area (Å²) in [6.45, 7) is 2.79. The number of hydrogen-bond donors (Lipinski definition) is 2. The van der Waals surface area contributed by atoms with E-state index in [1.165, 1.54) is 0 Å². The van der Waals surface area contributed by atoms with Gasteiger partial charge >= 0.3 is 0 Å². The molecule has 1 amide bonds. The summed E-state index contributed by atoms with van der Waals surface area (Å²) in [6.07, 6.45) is 0.317. The molecule has 0 aliphatic rings. The monoisotopic (exact) mass is 343 g/mol. The van der Waals surface area contributed by atoms with Crippen molar-refractivity contribution in [1.82, 2.24) is 4.90 Å². The van der Waals surface area contributed by atoms with Crippen LogP contribution in [-0.2, 0) is 0 Å². The van der Waals surface area contributed by atoms with Crippen molar-refractivity contribution in [2.75, 3.05) is 20.2 Å². The van der Waals surface area contributed by atoms with E-state index in [1.54, 1.807) is 30.2 Å². The molecule has 20 heavy (non-hydrogen) atoms. The third kappa shape index (κ3) is 4.12. The predicted molar refractivity (Wildman–Crippen MR) is 80.3 cm³/mol. The fraction of sp³-hybridized carbons (Fsp3) is 0.385. The van der Waals surface area contributed by atoms with Gasteiger partial charge in [0.1, 0.15) is 11.6 Å². The van der Waals surface area contributed by atoms with Crippen LogP contribution in [0.2, 0.25) is 0 Å². The summed E-state index contributed by atoms with van der Waals surface area (Å²) in [5.74, 6) is 0.578. The first-order valence-electron chi connectivity index (χ1n) is 6.12. The van der Waals surface area contributed by atoms with Crippen molar-refractivity contribution in [2.24, 2.45) is 10.9 Å². The molecule has 0 saturated carbocycles. The van der Waals surface area contributed by atoms with Crippen LogP contribution in [0.3, 0.4) is 0 Å². The van der Waals surface area contributed by atoms with Gasteiger partial charge < -0.3 is 20.6 Å². The largest absolute Gasteiger partial charge is 0.497 e. The Labute approximate surface area is 126 Å². The van der Waals surface area contributed by atoms with E-state index in [0.29, 0.717) is 35.3 Å². The highest BCUT2D eigenvalue weighted by molar-refractivity contribution is 9.10. The molecule has 0 spiro atoms. The molecule has 1 aromatic rings. The summed E-state index contributed by atoms with van der Waals surface area (Å²) in [5.41, 5.74) is 5.94. The highest BCUT2D eigenvalue weighted by atomic mass is 79.9. The molecule has 7 heteroatoms. The number of ether oxygens (including phenoxy) is 1. The number of carbonyl (C=O) groups excluding carboxylic acids is 1. The Morgan fingerprint density at radius 2 is 2.25 bits per heavy atom. The summed E-state index contributed by atoms with van der Waals surface area (Å²) < 4.78 is 5.82. The average molecular weight is 344 g/mol. The lowest BCUT2D eigenvalue weighted by atomic mass is 10.2. The highest BCUT2D eigenvalue weighted by Crippen LogP contribution is 2.23. The van der Waals surface area contributed by atoms with Gasteiger partial charge in [0.05, 0.1) is 12.7 Å². The van der Waals surface area contributed by atoms with E-state index >= 15 is 0 Å². The molecule has 0 atom stereocenters. The van der Waals surface area contributed by atoms with Crippen molar-refractivity contribution >= 4 is 27.7 Å². The predicted octanol–water partition coefficient (Wildman–Crippen LogP) is 2.06. The third-order valence-electron chi connectivity index (χ3n) is 2.84. The van der Waals surface area contributed by atoms with E-state index in [2.05, 4.69) is 21.1 Å². The Kier molecular flexibility index (Phi) is 6.30. The Bertz CT molecular complexity index is 506. The van der Waals surface area contributed by atoms with Gasteiger partial charge in [-0.1, -0.05) is 5.16 Å². The van der Waals surface area contributed by atoms with Gasteiger partial charge in [0, 0.05) is 24.0 Å². The van der Waals surface area contributed by atoms with Crippen LogP contribution in [-0.4, -0.2) is 42.0 Å². The lowest BCUT2D eigenvalue weighted by Gasteiger charge is -2.21. The fourth-order valence-electron chi connectivity index (χ4n) is 1.67. The molecule has 0 aliphatic heterocycles. The maximum Gasteiger partial charge on any atom is 0.255 e. The molecular weight excluding hydrogens is 326 g/mol. The number of amidine groups is 1. The first-order chi connectivity index (χ1) is 9.53. The molecular formula is C13H18BrN3O3. The summed E-state index contributed by atoms with van der Waals surface area (Å²) in [5, 5.41) is 11.4. The standard InChI is InChI=1S/C13H18BrN3O3/c1-3-17(7-6-12(15)16-19)13(18)10-8-9(20-2)4-5-11(10)14/h4-5,8,19H,3,6-7H2,1-2H3,(H2,15,16). The maximum atomic E-state index is 12.5. The summed E-state index contributed by atoms with van der Waals surface area (Å²) in [7, 11) is 1.55. The summed E-state index contributed by atoms with van der Waals surface area (Å²) in [4.78, 5) is 14.1. The molecule has 0 aliphatic carbocycles. The number of benzene rings is 1.